The van der Waals surface area contributed by atoms with E-state index in [9.17, 15) is 31.4 Å². The molecule has 7 nitrogen and oxygen atoms in total. The molecule has 0 aromatic heterocycles. The van der Waals surface area contributed by atoms with Crippen LogP contribution in [0, 0.1) is 5.82 Å². The minimum Gasteiger partial charge on any atom is -0.508 e. The molecule has 0 radical (unpaired) electrons. The molecule has 26 heavy (non-hydrogen) atoms. The number of aromatic hydroxyl groups is 1. The van der Waals surface area contributed by atoms with Gasteiger partial charge in [-0.25, -0.2) is 21.2 Å². The molecular formula is C16H16FNO6S2. The summed E-state index contributed by atoms with van der Waals surface area (Å²) in [5.74, 6) is -1.98. The Labute approximate surface area is 150 Å². The number of nitrogens with zero attached hydrogens (tertiary/aromatic N) is 1. The average molecular weight is 401 g/mol. The second kappa shape index (κ2) is 6.53. The van der Waals surface area contributed by atoms with Crippen molar-refractivity contribution >= 4 is 25.5 Å². The van der Waals surface area contributed by atoms with E-state index in [4.69, 9.17) is 0 Å². The fraction of sp³-hybridized carbons (Fsp3) is 0.250. The summed E-state index contributed by atoms with van der Waals surface area (Å²) in [4.78, 5) is -0.265. The van der Waals surface area contributed by atoms with Crippen LogP contribution in [0.1, 0.15) is 0 Å². The molecule has 0 aliphatic carbocycles. The summed E-state index contributed by atoms with van der Waals surface area (Å²) in [6.07, 6.45) is -1.43. The van der Waals surface area contributed by atoms with Gasteiger partial charge in [-0.15, -0.1) is 0 Å². The summed E-state index contributed by atoms with van der Waals surface area (Å²) >= 11 is 0. The Hall–Kier alpha value is -2.17. The third-order valence-electron chi connectivity index (χ3n) is 4.05. The number of halogens is 1. The summed E-state index contributed by atoms with van der Waals surface area (Å²) in [6.45, 7) is 0. The SMILES string of the molecule is O=S1(=O)C[C@@H](O)[C@@H](N(c2cccc(O)c2)S(=O)(=O)c2ccc(F)cc2)C1. The normalized spacial score (nSPS) is 22.2. The maximum Gasteiger partial charge on any atom is 0.264 e. The van der Waals surface area contributed by atoms with Gasteiger partial charge in [0.2, 0.25) is 0 Å². The molecule has 1 aliphatic heterocycles. The molecule has 0 unspecified atom stereocenters. The number of sulfone groups is 1. The third-order valence-corrected chi connectivity index (χ3v) is 7.62. The van der Waals surface area contributed by atoms with Gasteiger partial charge in [-0.1, -0.05) is 6.07 Å². The first-order chi connectivity index (χ1) is 12.1. The van der Waals surface area contributed by atoms with E-state index < -0.39 is 49.3 Å². The molecule has 1 saturated heterocycles. The molecule has 0 spiro atoms. The number of sulfonamides is 1. The van der Waals surface area contributed by atoms with E-state index in [0.29, 0.717) is 0 Å². The highest BCUT2D eigenvalue weighted by Crippen LogP contribution is 2.32. The van der Waals surface area contributed by atoms with Crippen LogP contribution in [0.2, 0.25) is 0 Å². The molecule has 2 aromatic carbocycles. The van der Waals surface area contributed by atoms with Crippen molar-refractivity contribution in [3.8, 4) is 5.75 Å². The van der Waals surface area contributed by atoms with E-state index in [0.717, 1.165) is 34.6 Å². The summed E-state index contributed by atoms with van der Waals surface area (Å²) < 4.78 is 63.9. The lowest BCUT2D eigenvalue weighted by atomic mass is 10.2. The Morgan fingerprint density at radius 1 is 1.08 bits per heavy atom. The Morgan fingerprint density at radius 3 is 2.27 bits per heavy atom. The number of hydrogen-bond donors (Lipinski definition) is 2. The van der Waals surface area contributed by atoms with Crippen molar-refractivity contribution < 1.29 is 31.4 Å². The van der Waals surface area contributed by atoms with Crippen molar-refractivity contribution in [3.05, 3.63) is 54.3 Å². The van der Waals surface area contributed by atoms with Gasteiger partial charge < -0.3 is 10.2 Å². The van der Waals surface area contributed by atoms with Crippen LogP contribution in [-0.2, 0) is 19.9 Å². The molecular weight excluding hydrogens is 385 g/mol. The van der Waals surface area contributed by atoms with E-state index in [1.807, 2.05) is 0 Å². The van der Waals surface area contributed by atoms with Crippen LogP contribution in [0.15, 0.2) is 53.4 Å². The van der Waals surface area contributed by atoms with E-state index in [-0.39, 0.29) is 16.3 Å². The lowest BCUT2D eigenvalue weighted by Crippen LogP contribution is -2.47. The molecule has 140 valence electrons. The van der Waals surface area contributed by atoms with Crippen LogP contribution in [0.3, 0.4) is 0 Å². The van der Waals surface area contributed by atoms with Gasteiger partial charge in [0.25, 0.3) is 10.0 Å². The number of aliphatic hydroxyl groups is 1. The molecule has 2 aromatic rings. The molecule has 0 amide bonds. The van der Waals surface area contributed by atoms with Crippen molar-refractivity contribution in [2.75, 3.05) is 15.8 Å². The van der Waals surface area contributed by atoms with Gasteiger partial charge >= 0.3 is 0 Å². The van der Waals surface area contributed by atoms with E-state index in [2.05, 4.69) is 0 Å². The predicted molar refractivity (Wildman–Crippen MR) is 92.6 cm³/mol. The fourth-order valence-electron chi connectivity index (χ4n) is 2.89. The number of rotatable bonds is 4. The Kier molecular flexibility index (Phi) is 4.67. The number of anilines is 1. The smallest absolute Gasteiger partial charge is 0.264 e. The van der Waals surface area contributed by atoms with Crippen LogP contribution in [0.4, 0.5) is 10.1 Å². The molecule has 1 aliphatic rings. The van der Waals surface area contributed by atoms with Gasteiger partial charge in [0.05, 0.1) is 34.2 Å². The maximum atomic E-state index is 13.2. The lowest BCUT2D eigenvalue weighted by molar-refractivity contribution is 0.184. The van der Waals surface area contributed by atoms with Crippen molar-refractivity contribution in [1.82, 2.24) is 0 Å². The Balaban J connectivity index is 2.16. The number of phenols is 1. The summed E-state index contributed by atoms with van der Waals surface area (Å²) in [5.41, 5.74) is -0.00419. The van der Waals surface area contributed by atoms with Gasteiger partial charge in [0, 0.05) is 6.07 Å². The topological polar surface area (TPSA) is 112 Å². The van der Waals surface area contributed by atoms with Crippen LogP contribution >= 0.6 is 0 Å². The fourth-order valence-corrected chi connectivity index (χ4v) is 6.43. The van der Waals surface area contributed by atoms with E-state index >= 15 is 0 Å². The van der Waals surface area contributed by atoms with Crippen LogP contribution in [-0.4, -0.2) is 50.7 Å². The lowest BCUT2D eigenvalue weighted by Gasteiger charge is -2.31. The van der Waals surface area contributed by atoms with Crippen molar-refractivity contribution in [1.29, 1.82) is 0 Å². The second-order valence-corrected chi connectivity index (χ2v) is 9.95. The van der Waals surface area contributed by atoms with Gasteiger partial charge in [-0.05, 0) is 36.4 Å². The van der Waals surface area contributed by atoms with Gasteiger partial charge in [-0.2, -0.15) is 0 Å². The molecule has 0 saturated carbocycles. The first-order valence-electron chi connectivity index (χ1n) is 7.58. The molecule has 1 heterocycles. The largest absolute Gasteiger partial charge is 0.508 e. The highest BCUT2D eigenvalue weighted by molar-refractivity contribution is 7.93. The van der Waals surface area contributed by atoms with Crippen LogP contribution < -0.4 is 4.31 Å². The average Bonchev–Trinajstić information content (AvgIpc) is 2.80. The molecule has 0 bridgehead atoms. The summed E-state index contributed by atoms with van der Waals surface area (Å²) in [7, 11) is -7.96. The quantitative estimate of drug-likeness (QED) is 0.787. The minimum absolute atomic E-state index is 0.00419. The maximum absolute atomic E-state index is 13.2. The first-order valence-corrected chi connectivity index (χ1v) is 10.8. The van der Waals surface area contributed by atoms with Crippen LogP contribution in [0.25, 0.3) is 0 Å². The third kappa shape index (κ3) is 3.53. The van der Waals surface area contributed by atoms with Crippen LogP contribution in [0.5, 0.6) is 5.75 Å². The highest BCUT2D eigenvalue weighted by atomic mass is 32.2. The summed E-state index contributed by atoms with van der Waals surface area (Å²) in [6, 6.07) is 8.02. The van der Waals surface area contributed by atoms with Crippen molar-refractivity contribution in [3.63, 3.8) is 0 Å². The number of aliphatic hydroxyl groups excluding tert-OH is 1. The Bertz CT molecular complexity index is 1020. The zero-order valence-corrected chi connectivity index (χ0v) is 15.0. The second-order valence-electron chi connectivity index (χ2n) is 5.99. The minimum atomic E-state index is -4.32. The Morgan fingerprint density at radius 2 is 1.73 bits per heavy atom. The molecule has 1 fully saturated rings. The first kappa shape index (κ1) is 18.6. The zero-order chi connectivity index (χ0) is 19.1. The van der Waals surface area contributed by atoms with Gasteiger partial charge in [0.15, 0.2) is 9.84 Å². The summed E-state index contributed by atoms with van der Waals surface area (Å²) in [5, 5.41) is 19.9. The van der Waals surface area contributed by atoms with E-state index in [1.54, 1.807) is 0 Å². The number of hydrogen-bond acceptors (Lipinski definition) is 6. The van der Waals surface area contributed by atoms with Gasteiger partial charge in [-0.3, -0.25) is 4.31 Å². The molecule has 3 rings (SSSR count). The standard InChI is InChI=1S/C16H16FNO6S2/c17-11-4-6-14(7-5-11)26(23,24)18(12-2-1-3-13(19)8-12)15-9-25(21,22)10-16(15)20/h1-8,15-16,19-20H,9-10H2/t15-,16+/m0/s1. The molecule has 10 heteroatoms. The molecule has 2 atom stereocenters. The van der Waals surface area contributed by atoms with Crippen molar-refractivity contribution in [2.24, 2.45) is 0 Å². The number of benzene rings is 2. The van der Waals surface area contributed by atoms with Crippen molar-refractivity contribution in [2.45, 2.75) is 17.0 Å². The molecule has 2 N–H and O–H groups in total. The highest BCUT2D eigenvalue weighted by Gasteiger charge is 2.45. The van der Waals surface area contributed by atoms with E-state index in [1.165, 1.54) is 18.2 Å². The monoisotopic (exact) mass is 401 g/mol. The van der Waals surface area contributed by atoms with Gasteiger partial charge in [0.1, 0.15) is 11.6 Å². The zero-order valence-electron chi connectivity index (χ0n) is 13.4. The predicted octanol–water partition coefficient (Wildman–Crippen LogP) is 0.884. The number of phenolic OH excluding ortho intramolecular Hbond substituents is 1.